The highest BCUT2D eigenvalue weighted by molar-refractivity contribution is 5.99. The van der Waals surface area contributed by atoms with E-state index in [2.05, 4.69) is 25.5 Å². The number of hydrogen-bond acceptors (Lipinski definition) is 7. The molecule has 0 radical (unpaired) electrons. The van der Waals surface area contributed by atoms with Crippen LogP contribution in [0.2, 0.25) is 0 Å². The van der Waals surface area contributed by atoms with Crippen LogP contribution in [0.4, 0.5) is 4.39 Å². The molecule has 0 bridgehead atoms. The fourth-order valence-electron chi connectivity index (χ4n) is 3.96. The lowest BCUT2D eigenvalue weighted by Gasteiger charge is -2.10. The van der Waals surface area contributed by atoms with Crippen molar-refractivity contribution in [3.63, 3.8) is 0 Å². The van der Waals surface area contributed by atoms with Gasteiger partial charge in [0.25, 0.3) is 11.8 Å². The number of nitrogens with zero attached hydrogens (tertiary/aromatic N) is 4. The molecule has 0 spiro atoms. The maximum Gasteiger partial charge on any atom is 0.270 e. The molecule has 3 heterocycles. The molecule has 3 aromatic heterocycles. The van der Waals surface area contributed by atoms with Crippen LogP contribution in [0.1, 0.15) is 34.7 Å². The maximum absolute atomic E-state index is 13.2. The van der Waals surface area contributed by atoms with Crippen LogP contribution in [0, 0.1) is 5.82 Å². The van der Waals surface area contributed by atoms with Gasteiger partial charge in [0.05, 0.1) is 12.1 Å². The summed E-state index contributed by atoms with van der Waals surface area (Å²) < 4.78 is 19.0. The molecule has 36 heavy (non-hydrogen) atoms. The van der Waals surface area contributed by atoms with Gasteiger partial charge in [0.15, 0.2) is 11.4 Å². The number of nitrogens with one attached hydrogen (secondary N) is 1. The Kier molecular flexibility index (Phi) is 5.37. The van der Waals surface area contributed by atoms with Gasteiger partial charge < -0.3 is 14.8 Å². The monoisotopic (exact) mass is 481 g/mol. The summed E-state index contributed by atoms with van der Waals surface area (Å²) in [7, 11) is 0. The van der Waals surface area contributed by atoms with Gasteiger partial charge in [-0.05, 0) is 54.8 Å². The molecule has 5 aromatic rings. The van der Waals surface area contributed by atoms with E-state index in [0.29, 0.717) is 34.5 Å². The van der Waals surface area contributed by atoms with Crippen LogP contribution in [0.5, 0.6) is 5.75 Å². The van der Waals surface area contributed by atoms with Crippen molar-refractivity contribution in [2.24, 2.45) is 0 Å². The average molecular weight is 481 g/mol. The number of rotatable bonds is 6. The summed E-state index contributed by atoms with van der Waals surface area (Å²) in [5, 5.41) is 22.7. The van der Waals surface area contributed by atoms with Gasteiger partial charge in [-0.25, -0.2) is 9.37 Å². The molecular formula is C27H20FN5O3. The lowest BCUT2D eigenvalue weighted by Crippen LogP contribution is -2.25. The molecule has 1 aliphatic rings. The predicted octanol–water partition coefficient (Wildman–Crippen LogP) is 4.67. The van der Waals surface area contributed by atoms with Crippen molar-refractivity contribution in [2.75, 3.05) is 0 Å². The molecule has 0 saturated heterocycles. The minimum Gasteiger partial charge on any atom is -0.504 e. The van der Waals surface area contributed by atoms with Crippen LogP contribution in [0.3, 0.4) is 0 Å². The second kappa shape index (κ2) is 8.84. The highest BCUT2D eigenvalue weighted by Gasteiger charge is 2.24. The standard InChI is InChI=1S/C27H20FN5O3/c28-18-9-3-15(4-10-18)14-21-32-33-27(36-21)24-25(34)23-20(2-1-13-29-23)22(31-24)16-5-7-17(8-6-16)26(35)30-19-11-12-19/h1-10,13,19,34H,11-12,14H2,(H,30,35). The third kappa shape index (κ3) is 4.26. The van der Waals surface area contributed by atoms with Crippen LogP contribution in [0.15, 0.2) is 71.3 Å². The number of aromatic hydroxyl groups is 1. The van der Waals surface area contributed by atoms with E-state index in [-0.39, 0.29) is 35.1 Å². The quantitative estimate of drug-likeness (QED) is 0.362. The van der Waals surface area contributed by atoms with Crippen molar-refractivity contribution >= 4 is 16.8 Å². The zero-order valence-corrected chi connectivity index (χ0v) is 19.0. The molecule has 1 amide bonds. The SMILES string of the molecule is O=C(NC1CC1)c1ccc(-c2nc(-c3nnc(Cc4ccc(F)cc4)o3)c(O)c3ncccc23)cc1. The number of carbonyl (C=O) groups excluding carboxylic acids is 1. The number of hydrogen-bond donors (Lipinski definition) is 2. The minimum atomic E-state index is -0.327. The van der Waals surface area contributed by atoms with Crippen LogP contribution >= 0.6 is 0 Å². The number of pyridine rings is 2. The van der Waals surface area contributed by atoms with E-state index in [9.17, 15) is 14.3 Å². The number of carbonyl (C=O) groups is 1. The zero-order chi connectivity index (χ0) is 24.6. The lowest BCUT2D eigenvalue weighted by molar-refractivity contribution is 0.0951. The molecule has 1 saturated carbocycles. The molecule has 0 atom stereocenters. The fraction of sp³-hybridized carbons (Fsp3) is 0.148. The Bertz CT molecular complexity index is 1580. The van der Waals surface area contributed by atoms with Crippen molar-refractivity contribution in [1.82, 2.24) is 25.5 Å². The van der Waals surface area contributed by atoms with E-state index >= 15 is 0 Å². The molecule has 8 nitrogen and oxygen atoms in total. The molecule has 9 heteroatoms. The van der Waals surface area contributed by atoms with E-state index in [1.54, 1.807) is 36.5 Å². The van der Waals surface area contributed by atoms with Crippen molar-refractivity contribution in [3.8, 4) is 28.6 Å². The van der Waals surface area contributed by atoms with Gasteiger partial charge in [-0.1, -0.05) is 24.3 Å². The first-order valence-corrected chi connectivity index (χ1v) is 11.5. The van der Waals surface area contributed by atoms with E-state index in [1.165, 1.54) is 12.1 Å². The molecule has 6 rings (SSSR count). The third-order valence-corrected chi connectivity index (χ3v) is 6.01. The molecule has 1 fully saturated rings. The van der Waals surface area contributed by atoms with Crippen molar-refractivity contribution in [2.45, 2.75) is 25.3 Å². The van der Waals surface area contributed by atoms with E-state index in [4.69, 9.17) is 4.42 Å². The lowest BCUT2D eigenvalue weighted by atomic mass is 10.0. The van der Waals surface area contributed by atoms with Gasteiger partial charge in [-0.3, -0.25) is 9.78 Å². The Balaban J connectivity index is 1.37. The second-order valence-electron chi connectivity index (χ2n) is 8.69. The Hall–Kier alpha value is -4.66. The molecule has 0 aliphatic heterocycles. The van der Waals surface area contributed by atoms with Crippen LogP contribution < -0.4 is 5.32 Å². The molecule has 1 aliphatic carbocycles. The highest BCUT2D eigenvalue weighted by atomic mass is 19.1. The summed E-state index contributed by atoms with van der Waals surface area (Å²) in [6, 6.07) is 17.0. The maximum atomic E-state index is 13.2. The summed E-state index contributed by atoms with van der Waals surface area (Å²) in [6.45, 7) is 0. The van der Waals surface area contributed by atoms with Gasteiger partial charge in [-0.15, -0.1) is 10.2 Å². The first kappa shape index (κ1) is 21.8. The number of amides is 1. The molecule has 178 valence electrons. The largest absolute Gasteiger partial charge is 0.504 e. The van der Waals surface area contributed by atoms with Gasteiger partial charge in [0.2, 0.25) is 5.89 Å². The smallest absolute Gasteiger partial charge is 0.270 e. The summed E-state index contributed by atoms with van der Waals surface area (Å²) in [5.74, 6) is -0.265. The molecule has 0 unspecified atom stereocenters. The Labute approximate surface area is 204 Å². The third-order valence-electron chi connectivity index (χ3n) is 6.01. The van der Waals surface area contributed by atoms with Crippen LogP contribution in [-0.4, -0.2) is 37.2 Å². The van der Waals surface area contributed by atoms with Crippen molar-refractivity contribution in [3.05, 3.63) is 89.7 Å². The van der Waals surface area contributed by atoms with Crippen molar-refractivity contribution < 1.29 is 18.7 Å². The number of aromatic nitrogens is 4. The van der Waals surface area contributed by atoms with Gasteiger partial charge in [0.1, 0.15) is 11.3 Å². The first-order chi connectivity index (χ1) is 17.5. The van der Waals surface area contributed by atoms with Crippen molar-refractivity contribution in [1.29, 1.82) is 0 Å². The molecular weight excluding hydrogens is 461 g/mol. The van der Waals surface area contributed by atoms with E-state index < -0.39 is 0 Å². The number of halogens is 1. The fourth-order valence-corrected chi connectivity index (χ4v) is 3.96. The number of benzene rings is 2. The molecule has 2 aromatic carbocycles. The predicted molar refractivity (Wildman–Crippen MR) is 130 cm³/mol. The van der Waals surface area contributed by atoms with Crippen LogP contribution in [-0.2, 0) is 6.42 Å². The first-order valence-electron chi connectivity index (χ1n) is 11.5. The van der Waals surface area contributed by atoms with Gasteiger partial charge >= 0.3 is 0 Å². The Morgan fingerprint density at radius 3 is 2.56 bits per heavy atom. The summed E-state index contributed by atoms with van der Waals surface area (Å²) in [5.41, 5.74) is 3.10. The topological polar surface area (TPSA) is 114 Å². The minimum absolute atomic E-state index is 0.0406. The summed E-state index contributed by atoms with van der Waals surface area (Å²) in [4.78, 5) is 21.4. The highest BCUT2D eigenvalue weighted by Crippen LogP contribution is 2.37. The zero-order valence-electron chi connectivity index (χ0n) is 19.0. The Morgan fingerprint density at radius 2 is 1.81 bits per heavy atom. The normalized spacial score (nSPS) is 13.1. The average Bonchev–Trinajstić information content (AvgIpc) is 3.60. The van der Waals surface area contributed by atoms with Crippen LogP contribution in [0.25, 0.3) is 33.7 Å². The summed E-state index contributed by atoms with van der Waals surface area (Å²) in [6.07, 6.45) is 3.92. The van der Waals surface area contributed by atoms with Gasteiger partial charge in [-0.2, -0.15) is 0 Å². The number of fused-ring (bicyclic) bond motifs is 1. The van der Waals surface area contributed by atoms with Gasteiger partial charge in [0, 0.05) is 28.8 Å². The molecule has 2 N–H and O–H groups in total. The second-order valence-corrected chi connectivity index (χ2v) is 8.69. The van der Waals surface area contributed by atoms with E-state index in [0.717, 1.165) is 24.0 Å². The summed E-state index contributed by atoms with van der Waals surface area (Å²) >= 11 is 0. The Morgan fingerprint density at radius 1 is 1.03 bits per heavy atom. The van der Waals surface area contributed by atoms with E-state index in [1.807, 2.05) is 18.2 Å².